The molecule has 82 valence electrons. The van der Waals surface area contributed by atoms with Gasteiger partial charge >= 0.3 is 0 Å². The Balaban J connectivity index is 2.31. The first-order valence-corrected chi connectivity index (χ1v) is 5.10. The molecule has 1 unspecified atom stereocenters. The second kappa shape index (κ2) is 4.14. The zero-order valence-corrected chi connectivity index (χ0v) is 8.26. The molecule has 1 aliphatic heterocycles. The van der Waals surface area contributed by atoms with Crippen LogP contribution < -0.4 is 5.32 Å². The zero-order chi connectivity index (χ0) is 10.8. The normalized spacial score (nSPS) is 21.6. The molecular formula is C11H13F2NO. The van der Waals surface area contributed by atoms with Gasteiger partial charge in [-0.05, 0) is 25.5 Å². The Labute approximate surface area is 86.9 Å². The molecule has 1 atom stereocenters. The van der Waals surface area contributed by atoms with Crippen LogP contribution in [0, 0.1) is 11.6 Å². The van der Waals surface area contributed by atoms with Crippen LogP contribution >= 0.6 is 0 Å². The largest absolute Gasteiger partial charge is 0.503 e. The predicted octanol–water partition coefficient (Wildman–Crippen LogP) is 2.49. The third-order valence-electron chi connectivity index (χ3n) is 2.78. The van der Waals surface area contributed by atoms with E-state index in [4.69, 9.17) is 5.11 Å². The van der Waals surface area contributed by atoms with Crippen LogP contribution in [0.2, 0.25) is 0 Å². The van der Waals surface area contributed by atoms with Crippen molar-refractivity contribution in [1.82, 2.24) is 5.32 Å². The molecule has 0 aliphatic carbocycles. The van der Waals surface area contributed by atoms with Crippen molar-refractivity contribution in [2.45, 2.75) is 25.3 Å². The maximum absolute atomic E-state index is 13.5. The van der Waals surface area contributed by atoms with E-state index in [1.807, 2.05) is 0 Å². The molecule has 1 aromatic rings. The number of piperidine rings is 1. The average molecular weight is 213 g/mol. The fraction of sp³-hybridized carbons (Fsp3) is 0.455. The lowest BCUT2D eigenvalue weighted by atomic mass is 9.97. The molecule has 0 radical (unpaired) electrons. The first-order valence-electron chi connectivity index (χ1n) is 5.10. The second-order valence-corrected chi connectivity index (χ2v) is 3.80. The number of phenols is 1. The van der Waals surface area contributed by atoms with Gasteiger partial charge in [-0.25, -0.2) is 8.78 Å². The highest BCUT2D eigenvalue weighted by molar-refractivity contribution is 5.33. The molecule has 0 spiro atoms. The number of aromatic hydroxyl groups is 1. The van der Waals surface area contributed by atoms with Gasteiger partial charge in [0.1, 0.15) is 0 Å². The summed E-state index contributed by atoms with van der Waals surface area (Å²) in [6, 6.07) is 2.39. The molecule has 2 N–H and O–H groups in total. The lowest BCUT2D eigenvalue weighted by Gasteiger charge is -2.24. The smallest absolute Gasteiger partial charge is 0.188 e. The van der Waals surface area contributed by atoms with E-state index in [0.717, 1.165) is 31.9 Å². The van der Waals surface area contributed by atoms with Crippen molar-refractivity contribution in [1.29, 1.82) is 0 Å². The molecule has 15 heavy (non-hydrogen) atoms. The maximum Gasteiger partial charge on any atom is 0.188 e. The third kappa shape index (κ3) is 1.95. The van der Waals surface area contributed by atoms with E-state index in [1.165, 1.54) is 6.07 Å². The summed E-state index contributed by atoms with van der Waals surface area (Å²) in [6.07, 6.45) is 2.92. The summed E-state index contributed by atoms with van der Waals surface area (Å²) in [4.78, 5) is 0. The quantitative estimate of drug-likeness (QED) is 0.751. The highest BCUT2D eigenvalue weighted by Gasteiger charge is 2.21. The molecule has 1 saturated heterocycles. The summed E-state index contributed by atoms with van der Waals surface area (Å²) >= 11 is 0. The third-order valence-corrected chi connectivity index (χ3v) is 2.78. The van der Waals surface area contributed by atoms with Crippen LogP contribution in [0.4, 0.5) is 8.78 Å². The van der Waals surface area contributed by atoms with Crippen LogP contribution in [-0.2, 0) is 0 Å². The SMILES string of the molecule is Oc1c(F)ccc(C2CCCCN2)c1F. The summed E-state index contributed by atoms with van der Waals surface area (Å²) in [6.45, 7) is 0.836. The fourth-order valence-corrected chi connectivity index (χ4v) is 1.94. The Bertz CT molecular complexity index is 362. The van der Waals surface area contributed by atoms with E-state index >= 15 is 0 Å². The number of phenolic OH excluding ortho intramolecular Hbond substituents is 1. The molecule has 1 fully saturated rings. The number of benzene rings is 1. The number of hydrogen-bond acceptors (Lipinski definition) is 2. The molecule has 2 nitrogen and oxygen atoms in total. The standard InChI is InChI=1S/C11H13F2NO/c12-8-5-4-7(10(13)11(8)15)9-3-1-2-6-14-9/h4-5,9,14-15H,1-3,6H2. The number of halogens is 2. The topological polar surface area (TPSA) is 32.3 Å². The Kier molecular flexibility index (Phi) is 2.86. The zero-order valence-electron chi connectivity index (χ0n) is 8.26. The number of hydrogen-bond donors (Lipinski definition) is 2. The van der Waals surface area contributed by atoms with E-state index in [1.54, 1.807) is 0 Å². The van der Waals surface area contributed by atoms with Crippen molar-refractivity contribution in [2.24, 2.45) is 0 Å². The van der Waals surface area contributed by atoms with Gasteiger partial charge in [-0.15, -0.1) is 0 Å². The summed E-state index contributed by atoms with van der Waals surface area (Å²) in [5, 5.41) is 12.3. The van der Waals surface area contributed by atoms with E-state index in [2.05, 4.69) is 5.32 Å². The van der Waals surface area contributed by atoms with Gasteiger partial charge in [0, 0.05) is 11.6 Å². The summed E-state index contributed by atoms with van der Waals surface area (Å²) in [5.74, 6) is -2.62. The molecule has 4 heteroatoms. The van der Waals surface area contributed by atoms with E-state index in [9.17, 15) is 8.78 Å². The van der Waals surface area contributed by atoms with Crippen molar-refractivity contribution < 1.29 is 13.9 Å². The van der Waals surface area contributed by atoms with Gasteiger partial charge in [0.15, 0.2) is 17.4 Å². The molecule has 1 aliphatic rings. The van der Waals surface area contributed by atoms with Gasteiger partial charge in [0.25, 0.3) is 0 Å². The van der Waals surface area contributed by atoms with Gasteiger partial charge in [-0.1, -0.05) is 12.5 Å². The molecule has 0 bridgehead atoms. The van der Waals surface area contributed by atoms with E-state index in [0.29, 0.717) is 5.56 Å². The van der Waals surface area contributed by atoms with Crippen LogP contribution in [0.1, 0.15) is 30.9 Å². The highest BCUT2D eigenvalue weighted by Crippen LogP contribution is 2.30. The van der Waals surface area contributed by atoms with Gasteiger partial charge in [-0.3, -0.25) is 0 Å². The van der Waals surface area contributed by atoms with Crippen LogP contribution in [0.25, 0.3) is 0 Å². The summed E-state index contributed by atoms with van der Waals surface area (Å²) in [5.41, 5.74) is 0.355. The molecule has 0 saturated carbocycles. The lowest BCUT2D eigenvalue weighted by Crippen LogP contribution is -2.27. The van der Waals surface area contributed by atoms with Crippen LogP contribution in [0.15, 0.2) is 12.1 Å². The molecular weight excluding hydrogens is 200 g/mol. The molecule has 0 aromatic heterocycles. The predicted molar refractivity (Wildman–Crippen MR) is 52.6 cm³/mol. The van der Waals surface area contributed by atoms with Crippen molar-refractivity contribution >= 4 is 0 Å². The second-order valence-electron chi connectivity index (χ2n) is 3.80. The Morgan fingerprint density at radius 1 is 1.27 bits per heavy atom. The molecule has 2 rings (SSSR count). The van der Waals surface area contributed by atoms with Crippen molar-refractivity contribution in [3.05, 3.63) is 29.3 Å². The van der Waals surface area contributed by atoms with E-state index in [-0.39, 0.29) is 6.04 Å². The average Bonchev–Trinajstić information content (AvgIpc) is 2.27. The van der Waals surface area contributed by atoms with Crippen LogP contribution in [0.5, 0.6) is 5.75 Å². The lowest BCUT2D eigenvalue weighted by molar-refractivity contribution is 0.368. The summed E-state index contributed by atoms with van der Waals surface area (Å²) < 4.78 is 26.3. The van der Waals surface area contributed by atoms with Gasteiger partial charge in [0.05, 0.1) is 0 Å². The summed E-state index contributed by atoms with van der Waals surface area (Å²) in [7, 11) is 0. The van der Waals surface area contributed by atoms with Crippen molar-refractivity contribution in [3.8, 4) is 5.75 Å². The van der Waals surface area contributed by atoms with Crippen molar-refractivity contribution in [3.63, 3.8) is 0 Å². The van der Waals surface area contributed by atoms with Crippen molar-refractivity contribution in [2.75, 3.05) is 6.54 Å². The monoisotopic (exact) mass is 213 g/mol. The minimum absolute atomic E-state index is 0.106. The van der Waals surface area contributed by atoms with E-state index < -0.39 is 17.4 Å². The number of rotatable bonds is 1. The minimum Gasteiger partial charge on any atom is -0.503 e. The Morgan fingerprint density at radius 2 is 2.07 bits per heavy atom. The fourth-order valence-electron chi connectivity index (χ4n) is 1.94. The van der Waals surface area contributed by atoms with Gasteiger partial charge in [0.2, 0.25) is 0 Å². The number of nitrogens with one attached hydrogen (secondary N) is 1. The van der Waals surface area contributed by atoms with Crippen LogP contribution in [-0.4, -0.2) is 11.7 Å². The Morgan fingerprint density at radius 3 is 2.73 bits per heavy atom. The maximum atomic E-state index is 13.5. The Hall–Kier alpha value is -1.16. The highest BCUT2D eigenvalue weighted by atomic mass is 19.1. The minimum atomic E-state index is -0.910. The van der Waals surface area contributed by atoms with Crippen LogP contribution in [0.3, 0.4) is 0 Å². The first-order chi connectivity index (χ1) is 7.20. The van der Waals surface area contributed by atoms with Gasteiger partial charge in [-0.2, -0.15) is 0 Å². The molecule has 0 amide bonds. The molecule has 1 heterocycles. The first kappa shape index (κ1) is 10.4. The van der Waals surface area contributed by atoms with Gasteiger partial charge < -0.3 is 10.4 Å². The molecule has 1 aromatic carbocycles.